The van der Waals surface area contributed by atoms with E-state index in [-0.39, 0.29) is 17.9 Å². The molecule has 2 atom stereocenters. The molecule has 0 aliphatic carbocycles. The quantitative estimate of drug-likeness (QED) is 0.844. The smallest absolute Gasteiger partial charge is 0.0679 e. The maximum Gasteiger partial charge on any atom is 0.0679 e. The van der Waals surface area contributed by atoms with Gasteiger partial charge >= 0.3 is 0 Å². The van der Waals surface area contributed by atoms with Gasteiger partial charge in [0.15, 0.2) is 0 Å². The van der Waals surface area contributed by atoms with Crippen molar-refractivity contribution in [2.75, 3.05) is 0 Å². The minimum absolute atomic E-state index is 0.125. The predicted molar refractivity (Wildman–Crippen MR) is 66.8 cm³/mol. The van der Waals surface area contributed by atoms with Gasteiger partial charge in [0.25, 0.3) is 0 Å². The molecule has 16 heavy (non-hydrogen) atoms. The van der Waals surface area contributed by atoms with Crippen molar-refractivity contribution < 1.29 is 0 Å². The monoisotopic (exact) mass is 216 g/mol. The van der Waals surface area contributed by atoms with Crippen LogP contribution in [0.5, 0.6) is 0 Å². The fourth-order valence-corrected chi connectivity index (χ4v) is 1.96. The fraction of sp³-hybridized carbons (Fsp3) is 0.500. The first kappa shape index (κ1) is 12.7. The number of hydrogen-bond acceptors (Lipinski definition) is 2. The maximum absolute atomic E-state index is 9.16. The summed E-state index contributed by atoms with van der Waals surface area (Å²) in [5, 5.41) is 9.16. The topological polar surface area (TPSA) is 49.8 Å². The number of hydrogen-bond donors (Lipinski definition) is 1. The average molecular weight is 216 g/mol. The van der Waals surface area contributed by atoms with E-state index in [1.807, 2.05) is 27.7 Å². The molecule has 0 amide bonds. The lowest BCUT2D eigenvalue weighted by atomic mass is 9.84. The molecular formula is C14H20N2. The van der Waals surface area contributed by atoms with Crippen LogP contribution < -0.4 is 5.73 Å². The van der Waals surface area contributed by atoms with Gasteiger partial charge in [0.2, 0.25) is 0 Å². The Morgan fingerprint density at radius 3 is 2.38 bits per heavy atom. The van der Waals surface area contributed by atoms with Gasteiger partial charge in [-0.1, -0.05) is 37.6 Å². The Morgan fingerprint density at radius 1 is 1.25 bits per heavy atom. The van der Waals surface area contributed by atoms with E-state index in [2.05, 4.69) is 24.3 Å². The van der Waals surface area contributed by atoms with Gasteiger partial charge in [-0.15, -0.1) is 0 Å². The molecule has 2 heteroatoms. The standard InChI is InChI=1S/C14H20N2/c1-9(2)13(8-15)14(16)12-7-10(3)5-6-11(12)4/h5-7,9,13-14H,16H2,1-4H3. The highest BCUT2D eigenvalue weighted by Gasteiger charge is 2.23. The summed E-state index contributed by atoms with van der Waals surface area (Å²) in [6.07, 6.45) is 0. The highest BCUT2D eigenvalue weighted by atomic mass is 14.7. The molecule has 0 radical (unpaired) electrons. The van der Waals surface area contributed by atoms with Crippen molar-refractivity contribution in [2.45, 2.75) is 33.7 Å². The van der Waals surface area contributed by atoms with Crippen LogP contribution >= 0.6 is 0 Å². The summed E-state index contributed by atoms with van der Waals surface area (Å²) in [6, 6.07) is 8.36. The van der Waals surface area contributed by atoms with E-state index in [1.54, 1.807) is 0 Å². The number of nitrogens with two attached hydrogens (primary N) is 1. The van der Waals surface area contributed by atoms with Crippen LogP contribution in [-0.4, -0.2) is 0 Å². The number of nitriles is 1. The Balaban J connectivity index is 3.08. The Labute approximate surface area is 98.1 Å². The summed E-state index contributed by atoms with van der Waals surface area (Å²) in [4.78, 5) is 0. The van der Waals surface area contributed by atoms with Gasteiger partial charge < -0.3 is 5.73 Å². The third kappa shape index (κ3) is 2.62. The van der Waals surface area contributed by atoms with Gasteiger partial charge in [0.05, 0.1) is 12.0 Å². The highest BCUT2D eigenvalue weighted by Crippen LogP contribution is 2.28. The van der Waals surface area contributed by atoms with Crippen molar-refractivity contribution >= 4 is 0 Å². The van der Waals surface area contributed by atoms with Crippen LogP contribution in [0.2, 0.25) is 0 Å². The van der Waals surface area contributed by atoms with E-state index in [0.29, 0.717) is 0 Å². The zero-order valence-corrected chi connectivity index (χ0v) is 10.5. The molecule has 0 aliphatic heterocycles. The van der Waals surface area contributed by atoms with E-state index in [0.717, 1.165) is 5.56 Å². The van der Waals surface area contributed by atoms with Crippen molar-refractivity contribution in [3.8, 4) is 6.07 Å². The Bertz CT molecular complexity index is 402. The third-order valence-corrected chi connectivity index (χ3v) is 3.05. The lowest BCUT2D eigenvalue weighted by molar-refractivity contribution is 0.402. The molecule has 0 spiro atoms. The van der Waals surface area contributed by atoms with Gasteiger partial charge in [-0.3, -0.25) is 0 Å². The van der Waals surface area contributed by atoms with Gasteiger partial charge in [0.1, 0.15) is 0 Å². The second kappa shape index (κ2) is 5.14. The first-order valence-corrected chi connectivity index (χ1v) is 5.69. The largest absolute Gasteiger partial charge is 0.323 e. The van der Waals surface area contributed by atoms with E-state index < -0.39 is 0 Å². The molecule has 2 unspecified atom stereocenters. The van der Waals surface area contributed by atoms with Crippen molar-refractivity contribution in [1.82, 2.24) is 0 Å². The van der Waals surface area contributed by atoms with E-state index >= 15 is 0 Å². The van der Waals surface area contributed by atoms with Crippen molar-refractivity contribution in [3.63, 3.8) is 0 Å². The van der Waals surface area contributed by atoms with Crippen LogP contribution in [0.1, 0.15) is 36.6 Å². The molecule has 0 aromatic heterocycles. The first-order chi connectivity index (χ1) is 7.47. The molecule has 2 nitrogen and oxygen atoms in total. The molecule has 0 saturated carbocycles. The van der Waals surface area contributed by atoms with E-state index in [1.165, 1.54) is 11.1 Å². The molecule has 1 aromatic rings. The Morgan fingerprint density at radius 2 is 1.88 bits per heavy atom. The fourth-order valence-electron chi connectivity index (χ4n) is 1.96. The third-order valence-electron chi connectivity index (χ3n) is 3.05. The van der Waals surface area contributed by atoms with Crippen molar-refractivity contribution in [2.24, 2.45) is 17.6 Å². The minimum atomic E-state index is -0.190. The molecule has 1 aromatic carbocycles. The molecule has 0 aliphatic rings. The average Bonchev–Trinajstić information content (AvgIpc) is 2.22. The zero-order valence-electron chi connectivity index (χ0n) is 10.5. The van der Waals surface area contributed by atoms with Gasteiger partial charge in [-0.05, 0) is 30.9 Å². The molecule has 0 bridgehead atoms. The molecular weight excluding hydrogens is 196 g/mol. The minimum Gasteiger partial charge on any atom is -0.323 e. The van der Waals surface area contributed by atoms with Crippen LogP contribution in [0.4, 0.5) is 0 Å². The summed E-state index contributed by atoms with van der Waals surface area (Å²) < 4.78 is 0. The Kier molecular flexibility index (Phi) is 4.09. The molecule has 0 heterocycles. The summed E-state index contributed by atoms with van der Waals surface area (Å²) in [5.74, 6) is 0.153. The molecule has 0 saturated heterocycles. The van der Waals surface area contributed by atoms with Crippen LogP contribution in [0.25, 0.3) is 0 Å². The summed E-state index contributed by atoms with van der Waals surface area (Å²) in [7, 11) is 0. The number of rotatable bonds is 3. The van der Waals surface area contributed by atoms with Gasteiger partial charge in [0, 0.05) is 6.04 Å². The van der Waals surface area contributed by atoms with Crippen molar-refractivity contribution in [1.29, 1.82) is 5.26 Å². The number of benzene rings is 1. The normalized spacial score (nSPS) is 14.6. The van der Waals surface area contributed by atoms with Crippen LogP contribution in [0, 0.1) is 37.0 Å². The second-order valence-corrected chi connectivity index (χ2v) is 4.78. The predicted octanol–water partition coefficient (Wildman–Crippen LogP) is 3.10. The van der Waals surface area contributed by atoms with Crippen molar-refractivity contribution in [3.05, 3.63) is 34.9 Å². The maximum atomic E-state index is 9.16. The highest BCUT2D eigenvalue weighted by molar-refractivity contribution is 5.34. The molecule has 1 rings (SSSR count). The second-order valence-electron chi connectivity index (χ2n) is 4.78. The lowest BCUT2D eigenvalue weighted by Crippen LogP contribution is -2.25. The first-order valence-electron chi connectivity index (χ1n) is 5.69. The zero-order chi connectivity index (χ0) is 12.3. The van der Waals surface area contributed by atoms with E-state index in [4.69, 9.17) is 11.0 Å². The SMILES string of the molecule is Cc1ccc(C)c(C(N)C(C#N)C(C)C)c1. The number of nitrogens with zero attached hydrogens (tertiary/aromatic N) is 1. The van der Waals surface area contributed by atoms with Gasteiger partial charge in [-0.25, -0.2) is 0 Å². The summed E-state index contributed by atoms with van der Waals surface area (Å²) >= 11 is 0. The summed E-state index contributed by atoms with van der Waals surface area (Å²) in [6.45, 7) is 8.17. The van der Waals surface area contributed by atoms with Crippen LogP contribution in [0.3, 0.4) is 0 Å². The van der Waals surface area contributed by atoms with E-state index in [9.17, 15) is 0 Å². The molecule has 2 N–H and O–H groups in total. The van der Waals surface area contributed by atoms with Crippen LogP contribution in [-0.2, 0) is 0 Å². The summed E-state index contributed by atoms with van der Waals surface area (Å²) in [5.41, 5.74) is 9.65. The number of aryl methyl sites for hydroxylation is 2. The Hall–Kier alpha value is -1.33. The van der Waals surface area contributed by atoms with Gasteiger partial charge in [-0.2, -0.15) is 5.26 Å². The lowest BCUT2D eigenvalue weighted by Gasteiger charge is -2.23. The van der Waals surface area contributed by atoms with Crippen LogP contribution in [0.15, 0.2) is 18.2 Å². The molecule has 0 fully saturated rings. The molecule has 86 valence electrons.